The largest absolute Gasteiger partial charge is 0.496 e. The van der Waals surface area contributed by atoms with Crippen molar-refractivity contribution < 1.29 is 14.3 Å². The Labute approximate surface area is 155 Å². The molecule has 2 aromatic carbocycles. The second-order valence-electron chi connectivity index (χ2n) is 5.68. The Bertz CT molecular complexity index is 777. The van der Waals surface area contributed by atoms with Crippen molar-refractivity contribution >= 4 is 33.3 Å². The van der Waals surface area contributed by atoms with Crippen LogP contribution < -0.4 is 15.4 Å². The van der Waals surface area contributed by atoms with Crippen molar-refractivity contribution in [1.82, 2.24) is 5.32 Å². The van der Waals surface area contributed by atoms with Gasteiger partial charge in [-0.15, -0.1) is 0 Å². The number of methoxy groups -OCH3 is 1. The van der Waals surface area contributed by atoms with E-state index in [2.05, 4.69) is 26.6 Å². The molecule has 0 spiro atoms. The lowest BCUT2D eigenvalue weighted by atomic mass is 10.1. The predicted octanol–water partition coefficient (Wildman–Crippen LogP) is 3.95. The first-order valence-corrected chi connectivity index (χ1v) is 8.67. The molecular formula is C19H21BrN2O3. The molecule has 0 radical (unpaired) electrons. The zero-order valence-corrected chi connectivity index (χ0v) is 16.0. The third-order valence-corrected chi connectivity index (χ3v) is 4.42. The predicted molar refractivity (Wildman–Crippen MR) is 102 cm³/mol. The summed E-state index contributed by atoms with van der Waals surface area (Å²) >= 11 is 3.46. The van der Waals surface area contributed by atoms with Gasteiger partial charge in [0.05, 0.1) is 18.1 Å². The minimum atomic E-state index is -0.167. The van der Waals surface area contributed by atoms with Crippen molar-refractivity contribution in [3.63, 3.8) is 0 Å². The molecule has 0 fully saturated rings. The quantitative estimate of drug-likeness (QED) is 0.685. The van der Waals surface area contributed by atoms with Crippen molar-refractivity contribution in [2.45, 2.75) is 19.9 Å². The summed E-state index contributed by atoms with van der Waals surface area (Å²) in [6, 6.07) is 12.7. The fourth-order valence-corrected chi connectivity index (χ4v) is 2.90. The monoisotopic (exact) mass is 404 g/mol. The van der Waals surface area contributed by atoms with Crippen LogP contribution in [0.3, 0.4) is 0 Å². The molecule has 0 aromatic heterocycles. The Morgan fingerprint density at radius 3 is 2.60 bits per heavy atom. The zero-order valence-electron chi connectivity index (χ0n) is 14.4. The highest BCUT2D eigenvalue weighted by Crippen LogP contribution is 2.27. The lowest BCUT2D eigenvalue weighted by Gasteiger charge is -2.15. The molecule has 25 heavy (non-hydrogen) atoms. The van der Waals surface area contributed by atoms with Gasteiger partial charge in [0.1, 0.15) is 5.75 Å². The summed E-state index contributed by atoms with van der Waals surface area (Å²) in [5.74, 6) is 0.562. The number of ketones is 1. The number of ether oxygens (including phenoxy) is 1. The molecule has 1 unspecified atom stereocenters. The van der Waals surface area contributed by atoms with Crippen LogP contribution in [-0.2, 0) is 4.79 Å². The van der Waals surface area contributed by atoms with E-state index in [-0.39, 0.29) is 24.3 Å². The van der Waals surface area contributed by atoms with E-state index >= 15 is 0 Å². The van der Waals surface area contributed by atoms with Gasteiger partial charge in [-0.2, -0.15) is 0 Å². The molecule has 1 atom stereocenters. The number of carbonyl (C=O) groups excluding carboxylic acids is 2. The topological polar surface area (TPSA) is 67.4 Å². The molecule has 132 valence electrons. The summed E-state index contributed by atoms with van der Waals surface area (Å²) in [7, 11) is 1.62. The average Bonchev–Trinajstić information content (AvgIpc) is 2.59. The van der Waals surface area contributed by atoms with E-state index in [1.54, 1.807) is 31.4 Å². The molecule has 0 aliphatic rings. The van der Waals surface area contributed by atoms with Gasteiger partial charge in [-0.05, 0) is 59.6 Å². The van der Waals surface area contributed by atoms with Crippen LogP contribution in [0, 0.1) is 0 Å². The van der Waals surface area contributed by atoms with Gasteiger partial charge < -0.3 is 15.4 Å². The number of hydrogen-bond acceptors (Lipinski definition) is 4. The Morgan fingerprint density at radius 1 is 1.20 bits per heavy atom. The van der Waals surface area contributed by atoms with Crippen LogP contribution in [0.2, 0.25) is 0 Å². The van der Waals surface area contributed by atoms with Gasteiger partial charge in [-0.25, -0.2) is 0 Å². The molecule has 5 nitrogen and oxygen atoms in total. The standard InChI is InChI=1S/C19H21BrN2O3/c1-12(14-7-8-18(25-3)17(20)10-14)21-11-19(24)22-16-6-4-5-15(9-16)13(2)23/h4-10,12,21H,11H2,1-3H3,(H,22,24). The molecule has 0 saturated heterocycles. The highest BCUT2D eigenvalue weighted by Gasteiger charge is 2.10. The summed E-state index contributed by atoms with van der Waals surface area (Å²) in [5, 5.41) is 5.97. The summed E-state index contributed by atoms with van der Waals surface area (Å²) in [6.07, 6.45) is 0. The van der Waals surface area contributed by atoms with Gasteiger partial charge in [0.2, 0.25) is 5.91 Å². The number of benzene rings is 2. The maximum atomic E-state index is 12.1. The SMILES string of the molecule is COc1ccc(C(C)NCC(=O)Nc2cccc(C(C)=O)c2)cc1Br. The van der Waals surface area contributed by atoms with E-state index in [1.165, 1.54) is 6.92 Å². The molecule has 2 aromatic rings. The Morgan fingerprint density at radius 2 is 1.96 bits per heavy atom. The number of nitrogens with one attached hydrogen (secondary N) is 2. The first-order chi connectivity index (χ1) is 11.9. The van der Waals surface area contributed by atoms with E-state index in [4.69, 9.17) is 4.74 Å². The van der Waals surface area contributed by atoms with Crippen LogP contribution in [0.25, 0.3) is 0 Å². The van der Waals surface area contributed by atoms with Crippen molar-refractivity contribution in [2.24, 2.45) is 0 Å². The summed E-state index contributed by atoms with van der Waals surface area (Å²) in [5.41, 5.74) is 2.22. The first kappa shape index (κ1) is 19.1. The van der Waals surface area contributed by atoms with Gasteiger partial charge in [0, 0.05) is 17.3 Å². The molecule has 2 rings (SSSR count). The Kier molecular flexibility index (Phi) is 6.73. The van der Waals surface area contributed by atoms with E-state index in [9.17, 15) is 9.59 Å². The fourth-order valence-electron chi connectivity index (χ4n) is 2.34. The van der Waals surface area contributed by atoms with Crippen LogP contribution in [-0.4, -0.2) is 25.3 Å². The van der Waals surface area contributed by atoms with Crippen LogP contribution in [0.1, 0.15) is 35.8 Å². The summed E-state index contributed by atoms with van der Waals surface area (Å²) in [6.45, 7) is 3.64. The number of carbonyl (C=O) groups is 2. The van der Waals surface area contributed by atoms with Gasteiger partial charge >= 0.3 is 0 Å². The number of rotatable bonds is 7. The van der Waals surface area contributed by atoms with E-state index < -0.39 is 0 Å². The maximum absolute atomic E-state index is 12.1. The van der Waals surface area contributed by atoms with Gasteiger partial charge in [-0.1, -0.05) is 18.2 Å². The van der Waals surface area contributed by atoms with E-state index in [1.807, 2.05) is 25.1 Å². The smallest absolute Gasteiger partial charge is 0.238 e. The lowest BCUT2D eigenvalue weighted by molar-refractivity contribution is -0.115. The van der Waals surface area contributed by atoms with E-state index in [0.717, 1.165) is 15.8 Å². The van der Waals surface area contributed by atoms with Crippen molar-refractivity contribution in [3.8, 4) is 5.75 Å². The number of amides is 1. The summed E-state index contributed by atoms with van der Waals surface area (Å²) in [4.78, 5) is 23.5. The second kappa shape index (κ2) is 8.78. The van der Waals surface area contributed by atoms with Gasteiger partial charge in [0.15, 0.2) is 5.78 Å². The molecule has 0 aliphatic heterocycles. The average molecular weight is 405 g/mol. The molecule has 0 bridgehead atoms. The van der Waals surface area contributed by atoms with Crippen molar-refractivity contribution in [1.29, 1.82) is 0 Å². The molecule has 0 heterocycles. The van der Waals surface area contributed by atoms with Crippen LogP contribution >= 0.6 is 15.9 Å². The summed E-state index contributed by atoms with van der Waals surface area (Å²) < 4.78 is 6.08. The third-order valence-electron chi connectivity index (χ3n) is 3.80. The van der Waals surface area contributed by atoms with Crippen LogP contribution in [0.4, 0.5) is 5.69 Å². The molecule has 0 saturated carbocycles. The van der Waals surface area contributed by atoms with Gasteiger partial charge in [0.25, 0.3) is 0 Å². The molecule has 2 N–H and O–H groups in total. The minimum absolute atomic E-state index is 0.00323. The highest BCUT2D eigenvalue weighted by molar-refractivity contribution is 9.10. The molecule has 6 heteroatoms. The van der Waals surface area contributed by atoms with Crippen molar-refractivity contribution in [2.75, 3.05) is 19.0 Å². The van der Waals surface area contributed by atoms with Crippen LogP contribution in [0.5, 0.6) is 5.75 Å². The molecular weight excluding hydrogens is 384 g/mol. The number of Topliss-reactive ketones (excluding diaryl/α,β-unsaturated/α-hetero) is 1. The number of anilines is 1. The Hall–Kier alpha value is -2.18. The molecule has 0 aliphatic carbocycles. The number of halogens is 1. The first-order valence-electron chi connectivity index (χ1n) is 7.88. The van der Waals surface area contributed by atoms with Crippen LogP contribution in [0.15, 0.2) is 46.9 Å². The van der Waals surface area contributed by atoms with E-state index in [0.29, 0.717) is 11.3 Å². The number of hydrogen-bond donors (Lipinski definition) is 2. The van der Waals surface area contributed by atoms with Gasteiger partial charge in [-0.3, -0.25) is 9.59 Å². The Balaban J connectivity index is 1.92. The third kappa shape index (κ3) is 5.41. The fraction of sp³-hybridized carbons (Fsp3) is 0.263. The lowest BCUT2D eigenvalue weighted by Crippen LogP contribution is -2.30. The normalized spacial score (nSPS) is 11.7. The second-order valence-corrected chi connectivity index (χ2v) is 6.54. The minimum Gasteiger partial charge on any atom is -0.496 e. The zero-order chi connectivity index (χ0) is 18.4. The van der Waals surface area contributed by atoms with Crippen molar-refractivity contribution in [3.05, 3.63) is 58.1 Å². The highest BCUT2D eigenvalue weighted by atomic mass is 79.9. The maximum Gasteiger partial charge on any atom is 0.238 e. The molecule has 1 amide bonds.